The van der Waals surface area contributed by atoms with Crippen LogP contribution in [-0.4, -0.2) is 4.57 Å². The smallest absolute Gasteiger partial charge is 0.234 e. The van der Waals surface area contributed by atoms with E-state index < -0.39 is 0 Å². The first-order chi connectivity index (χ1) is 22.7. The van der Waals surface area contributed by atoms with Crippen molar-refractivity contribution >= 4 is 0 Å². The fraction of sp³-hybridized carbons (Fsp3) is 0.659. The summed E-state index contributed by atoms with van der Waals surface area (Å²) in [6.07, 6.45) is 34.0. The number of benzene rings is 2. The molecular formula is C44H71N2+. The van der Waals surface area contributed by atoms with Gasteiger partial charge in [0.05, 0.1) is 19.5 Å². The Morgan fingerprint density at radius 2 is 1.00 bits per heavy atom. The van der Waals surface area contributed by atoms with Crippen molar-refractivity contribution in [3.63, 3.8) is 0 Å². The molecule has 0 radical (unpaired) electrons. The predicted octanol–water partition coefficient (Wildman–Crippen LogP) is 12.9. The van der Waals surface area contributed by atoms with Crippen LogP contribution in [0.3, 0.4) is 0 Å². The Balaban J connectivity index is 1.62. The number of hydrogen-bond donors (Lipinski definition) is 0. The van der Waals surface area contributed by atoms with E-state index >= 15 is 0 Å². The van der Waals surface area contributed by atoms with Crippen LogP contribution in [0.4, 0.5) is 0 Å². The van der Waals surface area contributed by atoms with Crippen molar-refractivity contribution in [3.05, 3.63) is 89.5 Å². The molecule has 2 nitrogen and oxygen atoms in total. The van der Waals surface area contributed by atoms with Crippen LogP contribution >= 0.6 is 0 Å². The maximum absolute atomic E-state index is 2.75. The molecule has 1 atom stereocenters. The lowest BCUT2D eigenvalue weighted by Gasteiger charge is -2.12. The maximum atomic E-state index is 2.75. The normalized spacial score (nSPS) is 12.2. The largest absolute Gasteiger partial charge is 0.261 e. The zero-order chi connectivity index (χ0) is 32.5. The summed E-state index contributed by atoms with van der Waals surface area (Å²) in [6, 6.07) is 22.4. The number of unbranched alkanes of at least 4 members (excludes halogenated alkanes) is 19. The third-order valence-electron chi connectivity index (χ3n) is 10.1. The lowest BCUT2D eigenvalue weighted by atomic mass is 9.96. The highest BCUT2D eigenvalue weighted by atomic mass is 15.2. The Kier molecular flexibility index (Phi) is 20.5. The number of aromatic nitrogens is 2. The Morgan fingerprint density at radius 3 is 1.52 bits per heavy atom. The molecule has 2 aromatic carbocycles. The van der Waals surface area contributed by atoms with Gasteiger partial charge < -0.3 is 0 Å². The monoisotopic (exact) mass is 628 g/mol. The Bertz CT molecular complexity index is 1120. The van der Waals surface area contributed by atoms with Crippen LogP contribution in [0.5, 0.6) is 0 Å². The second-order valence-corrected chi connectivity index (χ2v) is 14.3. The van der Waals surface area contributed by atoms with Gasteiger partial charge in [-0.3, -0.25) is 0 Å². The van der Waals surface area contributed by atoms with Crippen LogP contribution in [-0.2, 0) is 25.9 Å². The minimum atomic E-state index is 0.516. The average molecular weight is 628 g/mol. The first kappa shape index (κ1) is 38.1. The van der Waals surface area contributed by atoms with E-state index in [0.717, 1.165) is 25.9 Å². The average Bonchev–Trinajstić information content (AvgIpc) is 3.39. The molecule has 0 aliphatic carbocycles. The topological polar surface area (TPSA) is 8.81 Å². The quantitative estimate of drug-likeness (QED) is 0.0559. The van der Waals surface area contributed by atoms with Gasteiger partial charge in [0, 0.05) is 6.42 Å². The van der Waals surface area contributed by atoms with Crippen LogP contribution in [0, 0.1) is 0 Å². The highest BCUT2D eigenvalue weighted by Crippen LogP contribution is 2.21. The van der Waals surface area contributed by atoms with E-state index in [1.165, 1.54) is 157 Å². The number of hydrogen-bond acceptors (Lipinski definition) is 0. The lowest BCUT2D eigenvalue weighted by Crippen LogP contribution is -2.41. The Morgan fingerprint density at radius 1 is 0.543 bits per heavy atom. The molecule has 0 spiro atoms. The molecule has 0 bridgehead atoms. The molecule has 46 heavy (non-hydrogen) atoms. The molecule has 3 rings (SSSR count). The van der Waals surface area contributed by atoms with Gasteiger partial charge in [0.25, 0.3) is 5.82 Å². The van der Waals surface area contributed by atoms with Gasteiger partial charge in [0.1, 0.15) is 11.9 Å². The zero-order valence-corrected chi connectivity index (χ0v) is 30.5. The van der Waals surface area contributed by atoms with E-state index in [4.69, 9.17) is 0 Å². The highest BCUT2D eigenvalue weighted by Gasteiger charge is 2.25. The van der Waals surface area contributed by atoms with E-state index in [2.05, 4.69) is 96.8 Å². The summed E-state index contributed by atoms with van der Waals surface area (Å²) in [4.78, 5) is 0. The van der Waals surface area contributed by atoms with Crippen molar-refractivity contribution in [2.75, 3.05) is 0 Å². The lowest BCUT2D eigenvalue weighted by molar-refractivity contribution is -0.710. The van der Waals surface area contributed by atoms with Crippen molar-refractivity contribution in [2.45, 2.75) is 187 Å². The summed E-state index contributed by atoms with van der Waals surface area (Å²) in [5, 5.41) is 0. The molecule has 0 saturated heterocycles. The van der Waals surface area contributed by atoms with Crippen molar-refractivity contribution in [3.8, 4) is 0 Å². The van der Waals surface area contributed by atoms with Gasteiger partial charge in [0.15, 0.2) is 0 Å². The van der Waals surface area contributed by atoms with Crippen LogP contribution in [0.2, 0.25) is 0 Å². The molecular weight excluding hydrogens is 556 g/mol. The molecule has 1 aromatic heterocycles. The minimum Gasteiger partial charge on any atom is -0.234 e. The third kappa shape index (κ3) is 15.5. The predicted molar refractivity (Wildman–Crippen MR) is 201 cm³/mol. The van der Waals surface area contributed by atoms with Gasteiger partial charge in [-0.25, -0.2) is 9.13 Å². The molecule has 0 N–H and O–H groups in total. The maximum Gasteiger partial charge on any atom is 0.261 e. The Labute approximate surface area is 285 Å². The van der Waals surface area contributed by atoms with Gasteiger partial charge in [0.2, 0.25) is 0 Å². The number of rotatable bonds is 28. The molecule has 0 saturated carbocycles. The summed E-state index contributed by atoms with van der Waals surface area (Å²) in [6.45, 7) is 9.34. The van der Waals surface area contributed by atoms with Crippen molar-refractivity contribution in [2.24, 2.45) is 0 Å². The summed E-state index contributed by atoms with van der Waals surface area (Å²) < 4.78 is 5.40. The zero-order valence-electron chi connectivity index (χ0n) is 30.5. The summed E-state index contributed by atoms with van der Waals surface area (Å²) >= 11 is 0. The number of aryl methyl sites for hydroxylation is 1. The van der Waals surface area contributed by atoms with Crippen LogP contribution in [0.1, 0.15) is 184 Å². The fourth-order valence-electron chi connectivity index (χ4n) is 7.17. The molecule has 0 fully saturated rings. The van der Waals surface area contributed by atoms with E-state index in [1.54, 1.807) is 0 Å². The summed E-state index contributed by atoms with van der Waals surface area (Å²) in [7, 11) is 0. The Hall–Kier alpha value is -2.35. The van der Waals surface area contributed by atoms with E-state index in [-0.39, 0.29) is 0 Å². The van der Waals surface area contributed by atoms with Crippen LogP contribution in [0.15, 0.2) is 66.9 Å². The summed E-state index contributed by atoms with van der Waals surface area (Å²) in [5.74, 6) is 2.03. The van der Waals surface area contributed by atoms with Gasteiger partial charge in [-0.05, 0) is 42.7 Å². The second kappa shape index (κ2) is 24.8. The number of nitrogens with zero attached hydrogens (tertiary/aromatic N) is 2. The third-order valence-corrected chi connectivity index (χ3v) is 10.1. The number of imidazole rings is 1. The van der Waals surface area contributed by atoms with Crippen LogP contribution < -0.4 is 4.57 Å². The molecule has 256 valence electrons. The standard InChI is InChI=1S/C44H71N2/c1-4-6-8-10-12-14-16-18-20-22-30-36-46-43(37-40(3)42-33-27-24-28-34-42)39-45(44(46)38-41-31-25-23-26-32-41)35-29-21-19-17-15-13-11-9-7-5-2/h23-28,31-34,39-40H,4-22,29-30,35-38H2,1-3H3/q+1. The second-order valence-electron chi connectivity index (χ2n) is 14.3. The fourth-order valence-corrected chi connectivity index (χ4v) is 7.17. The molecule has 0 aliphatic rings. The molecule has 1 unspecified atom stereocenters. The molecule has 0 amide bonds. The molecule has 3 aromatic rings. The van der Waals surface area contributed by atoms with Crippen LogP contribution in [0.25, 0.3) is 0 Å². The van der Waals surface area contributed by atoms with E-state index in [0.29, 0.717) is 5.92 Å². The molecule has 0 aliphatic heterocycles. The van der Waals surface area contributed by atoms with Gasteiger partial charge in [-0.2, -0.15) is 0 Å². The van der Waals surface area contributed by atoms with Gasteiger partial charge in [-0.15, -0.1) is 0 Å². The van der Waals surface area contributed by atoms with Crippen molar-refractivity contribution in [1.82, 2.24) is 4.57 Å². The van der Waals surface area contributed by atoms with E-state index in [9.17, 15) is 0 Å². The molecule has 2 heteroatoms. The van der Waals surface area contributed by atoms with Gasteiger partial charge >= 0.3 is 0 Å². The highest BCUT2D eigenvalue weighted by molar-refractivity contribution is 5.21. The van der Waals surface area contributed by atoms with E-state index in [1.807, 2.05) is 0 Å². The SMILES string of the molecule is CCCCCCCCCCCCC[n+]1c(CC(C)c2ccccc2)cn(CCCCCCCCCCCC)c1Cc1ccccc1. The first-order valence-electron chi connectivity index (χ1n) is 19.9. The minimum absolute atomic E-state index is 0.516. The van der Waals surface area contributed by atoms with Gasteiger partial charge in [-0.1, -0.05) is 191 Å². The first-order valence-corrected chi connectivity index (χ1v) is 19.9. The summed E-state index contributed by atoms with van der Waals surface area (Å²) in [5.41, 5.74) is 4.41. The van der Waals surface area contributed by atoms with Crippen molar-refractivity contribution in [1.29, 1.82) is 0 Å². The van der Waals surface area contributed by atoms with Crippen molar-refractivity contribution < 1.29 is 4.57 Å². The molecule has 1 heterocycles.